The first-order chi connectivity index (χ1) is 26.8. The minimum Gasteiger partial charge on any atom is -0.453 e. The Kier molecular flexibility index (Phi) is 6.24. The van der Waals surface area contributed by atoms with E-state index in [4.69, 9.17) is 4.42 Å². The van der Waals surface area contributed by atoms with Crippen LogP contribution < -0.4 is 10.2 Å². The van der Waals surface area contributed by atoms with E-state index in [1.165, 1.54) is 36.5 Å². The zero-order chi connectivity index (χ0) is 35.3. The summed E-state index contributed by atoms with van der Waals surface area (Å²) >= 11 is 1.85. The summed E-state index contributed by atoms with van der Waals surface area (Å²) in [5, 5.41) is 11.1. The molecule has 254 valence electrons. The Bertz CT molecular complexity index is 3230. The van der Waals surface area contributed by atoms with Crippen molar-refractivity contribution in [2.75, 3.05) is 10.2 Å². The van der Waals surface area contributed by atoms with Crippen molar-refractivity contribution >= 4 is 92.3 Å². The molecule has 3 aromatic heterocycles. The van der Waals surface area contributed by atoms with E-state index < -0.39 is 0 Å². The van der Waals surface area contributed by atoms with E-state index >= 15 is 0 Å². The molecule has 0 amide bonds. The van der Waals surface area contributed by atoms with Crippen molar-refractivity contribution in [3.05, 3.63) is 181 Å². The Hall–Kier alpha value is -6.82. The number of fused-ring (bicyclic) bond motifs is 10. The highest BCUT2D eigenvalue weighted by Gasteiger charge is 2.34. The minimum absolute atomic E-state index is 0.186. The largest absolute Gasteiger partial charge is 0.453 e. The fourth-order valence-corrected chi connectivity index (χ4v) is 10.1. The summed E-state index contributed by atoms with van der Waals surface area (Å²) in [6.45, 7) is 0. The van der Waals surface area contributed by atoms with Crippen molar-refractivity contribution in [3.8, 4) is 16.8 Å². The summed E-state index contributed by atoms with van der Waals surface area (Å²) in [5.41, 5.74) is 11.9. The van der Waals surface area contributed by atoms with Gasteiger partial charge < -0.3 is 19.2 Å². The van der Waals surface area contributed by atoms with Gasteiger partial charge in [-0.15, -0.1) is 11.3 Å². The van der Waals surface area contributed by atoms with Crippen LogP contribution in [0.2, 0.25) is 0 Å². The molecule has 4 heterocycles. The molecule has 0 fully saturated rings. The molecule has 1 aliphatic heterocycles. The van der Waals surface area contributed by atoms with Gasteiger partial charge in [-0.2, -0.15) is 0 Å². The molecule has 0 aliphatic carbocycles. The van der Waals surface area contributed by atoms with Crippen LogP contribution in [0.25, 0.3) is 80.7 Å². The highest BCUT2D eigenvalue weighted by atomic mass is 32.1. The van der Waals surface area contributed by atoms with Crippen LogP contribution in [0.3, 0.4) is 0 Å². The Balaban J connectivity index is 1.20. The molecule has 0 spiro atoms. The predicted molar refractivity (Wildman–Crippen MR) is 228 cm³/mol. The van der Waals surface area contributed by atoms with Gasteiger partial charge in [0, 0.05) is 58.5 Å². The van der Waals surface area contributed by atoms with Gasteiger partial charge in [-0.05, 0) is 60.2 Å². The molecule has 12 rings (SSSR count). The van der Waals surface area contributed by atoms with Crippen LogP contribution >= 0.6 is 11.3 Å². The molecule has 5 heteroatoms. The number of rotatable bonds is 4. The van der Waals surface area contributed by atoms with Gasteiger partial charge in [0.25, 0.3) is 0 Å². The molecule has 0 bridgehead atoms. The zero-order valence-corrected chi connectivity index (χ0v) is 29.8. The van der Waals surface area contributed by atoms with Crippen LogP contribution in [-0.2, 0) is 0 Å². The van der Waals surface area contributed by atoms with Gasteiger partial charge in [0.05, 0.1) is 28.1 Å². The molecular weight excluding hydrogens is 679 g/mol. The SMILES string of the molecule is c1ccc(N2c3ccccc3NC2c2ccc3c(oc4c(-n5c6ccccc6c6ccccc65)cccc43)c2-c2cccc3sc4ccccc4c23)cc1. The van der Waals surface area contributed by atoms with Crippen LogP contribution in [-0.4, -0.2) is 4.57 Å². The van der Waals surface area contributed by atoms with Crippen LogP contribution in [0.1, 0.15) is 11.7 Å². The summed E-state index contributed by atoms with van der Waals surface area (Å²) in [5.74, 6) is 0. The molecule has 4 nitrogen and oxygen atoms in total. The highest BCUT2D eigenvalue weighted by Crippen LogP contribution is 2.52. The molecule has 0 saturated carbocycles. The van der Waals surface area contributed by atoms with E-state index in [1.807, 2.05) is 11.3 Å². The zero-order valence-electron chi connectivity index (χ0n) is 29.0. The second-order valence-corrected chi connectivity index (χ2v) is 15.2. The summed E-state index contributed by atoms with van der Waals surface area (Å²) in [6, 6.07) is 63.4. The van der Waals surface area contributed by atoms with Gasteiger partial charge in [0.1, 0.15) is 11.7 Å². The third-order valence-corrected chi connectivity index (χ3v) is 12.4. The van der Waals surface area contributed by atoms with Crippen molar-refractivity contribution in [1.29, 1.82) is 0 Å². The van der Waals surface area contributed by atoms with Gasteiger partial charge >= 0.3 is 0 Å². The minimum atomic E-state index is -0.186. The topological polar surface area (TPSA) is 33.3 Å². The van der Waals surface area contributed by atoms with Crippen LogP contribution in [0.5, 0.6) is 0 Å². The summed E-state index contributed by atoms with van der Waals surface area (Å²) in [4.78, 5) is 2.43. The lowest BCUT2D eigenvalue weighted by atomic mass is 9.91. The van der Waals surface area contributed by atoms with Crippen molar-refractivity contribution < 1.29 is 4.42 Å². The summed E-state index contributed by atoms with van der Waals surface area (Å²) in [7, 11) is 0. The number of anilines is 3. The van der Waals surface area contributed by atoms with Crippen molar-refractivity contribution in [2.24, 2.45) is 0 Å². The lowest BCUT2D eigenvalue weighted by Gasteiger charge is -2.29. The van der Waals surface area contributed by atoms with Crippen molar-refractivity contribution in [2.45, 2.75) is 6.17 Å². The Morgan fingerprint density at radius 2 is 1.11 bits per heavy atom. The van der Waals surface area contributed by atoms with Crippen LogP contribution in [0, 0.1) is 0 Å². The first kappa shape index (κ1) is 29.7. The predicted octanol–water partition coefficient (Wildman–Crippen LogP) is 14.0. The normalized spacial score (nSPS) is 14.2. The molecule has 1 unspecified atom stereocenters. The fraction of sp³-hybridized carbons (Fsp3) is 0.0204. The van der Waals surface area contributed by atoms with Crippen molar-refractivity contribution in [1.82, 2.24) is 4.57 Å². The van der Waals surface area contributed by atoms with E-state index in [0.717, 1.165) is 66.8 Å². The molecular formula is C49H31N3OS. The number of thiophene rings is 1. The highest BCUT2D eigenvalue weighted by molar-refractivity contribution is 7.25. The average molecular weight is 710 g/mol. The standard InChI is InChI=1S/C49H31N3OS/c1-2-14-30(15-3-1)51-41-24-10-7-21-38(41)50-49(51)37-29-28-34-33-19-12-25-42(52-39-22-8-4-16-31(39)32-17-5-9-23-40(32)52)47(33)53-48(34)46(37)36-20-13-27-44-45(36)35-18-6-11-26-43(35)54-44/h1-29,49-50H. The number of nitrogens with zero attached hydrogens (tertiary/aromatic N) is 2. The molecule has 1 N–H and O–H groups in total. The molecule has 1 aliphatic rings. The molecule has 54 heavy (non-hydrogen) atoms. The Morgan fingerprint density at radius 1 is 0.481 bits per heavy atom. The number of para-hydroxylation sites is 6. The van der Waals surface area contributed by atoms with E-state index in [1.54, 1.807) is 0 Å². The lowest BCUT2D eigenvalue weighted by Crippen LogP contribution is -2.24. The van der Waals surface area contributed by atoms with Gasteiger partial charge in [-0.1, -0.05) is 121 Å². The Morgan fingerprint density at radius 3 is 1.94 bits per heavy atom. The molecule has 0 radical (unpaired) electrons. The number of benzene rings is 8. The number of nitrogens with one attached hydrogen (secondary N) is 1. The number of furan rings is 1. The van der Waals surface area contributed by atoms with Gasteiger partial charge in [-0.25, -0.2) is 0 Å². The maximum Gasteiger partial charge on any atom is 0.159 e. The van der Waals surface area contributed by atoms with Crippen molar-refractivity contribution in [3.63, 3.8) is 0 Å². The maximum atomic E-state index is 7.38. The second-order valence-electron chi connectivity index (χ2n) is 14.1. The van der Waals surface area contributed by atoms with Gasteiger partial charge in [0.2, 0.25) is 0 Å². The first-order valence-electron chi connectivity index (χ1n) is 18.4. The van der Waals surface area contributed by atoms with E-state index in [0.29, 0.717) is 0 Å². The third kappa shape index (κ3) is 4.13. The van der Waals surface area contributed by atoms with Gasteiger partial charge in [-0.3, -0.25) is 0 Å². The lowest BCUT2D eigenvalue weighted by molar-refractivity contribution is 0.666. The maximum absolute atomic E-state index is 7.38. The third-order valence-electron chi connectivity index (χ3n) is 11.2. The van der Waals surface area contributed by atoms with Crippen LogP contribution in [0.15, 0.2) is 180 Å². The monoisotopic (exact) mass is 709 g/mol. The van der Waals surface area contributed by atoms with Gasteiger partial charge in [0.15, 0.2) is 5.58 Å². The number of hydrogen-bond donors (Lipinski definition) is 1. The number of hydrogen-bond acceptors (Lipinski definition) is 4. The smallest absolute Gasteiger partial charge is 0.159 e. The molecule has 8 aromatic carbocycles. The Labute approximate surface area is 314 Å². The molecule has 11 aromatic rings. The van der Waals surface area contributed by atoms with Crippen LogP contribution in [0.4, 0.5) is 17.1 Å². The summed E-state index contributed by atoms with van der Waals surface area (Å²) in [6.07, 6.45) is -0.186. The molecule has 1 atom stereocenters. The summed E-state index contributed by atoms with van der Waals surface area (Å²) < 4.78 is 12.3. The number of aromatic nitrogens is 1. The first-order valence-corrected chi connectivity index (χ1v) is 19.2. The molecule has 0 saturated heterocycles. The van der Waals surface area contributed by atoms with E-state index in [2.05, 4.69) is 191 Å². The van der Waals surface area contributed by atoms with E-state index in [9.17, 15) is 0 Å². The van der Waals surface area contributed by atoms with E-state index in [-0.39, 0.29) is 6.17 Å². The fourth-order valence-electron chi connectivity index (χ4n) is 8.96. The second kappa shape index (κ2) is 11.3. The quantitative estimate of drug-likeness (QED) is 0.197. The average Bonchev–Trinajstić information content (AvgIpc) is 4.00.